The molecule has 3 nitrogen and oxygen atoms in total. The van der Waals surface area contributed by atoms with Gasteiger partial charge in [-0.2, -0.15) is 0 Å². The van der Waals surface area contributed by atoms with Gasteiger partial charge in [0.2, 0.25) is 0 Å². The predicted molar refractivity (Wildman–Crippen MR) is 72.2 cm³/mol. The molecule has 0 amide bonds. The minimum Gasteiger partial charge on any atom is -0.493 e. The number of ether oxygens (including phenoxy) is 2. The number of hydrogen-bond acceptors (Lipinski definition) is 3. The van der Waals surface area contributed by atoms with E-state index in [0.717, 1.165) is 18.4 Å². The molecule has 0 aliphatic carbocycles. The Labute approximate surface area is 109 Å². The average molecular weight is 250 g/mol. The first-order valence-corrected chi connectivity index (χ1v) is 6.50. The summed E-state index contributed by atoms with van der Waals surface area (Å²) in [5.74, 6) is 0.270. The largest absolute Gasteiger partial charge is 0.493 e. The molecular weight excluding hydrogens is 228 g/mol. The zero-order valence-electron chi connectivity index (χ0n) is 11.5. The van der Waals surface area contributed by atoms with Gasteiger partial charge in [0, 0.05) is 0 Å². The van der Waals surface area contributed by atoms with Gasteiger partial charge < -0.3 is 9.47 Å². The number of carbonyl (C=O) groups excluding carboxylic acids is 1. The maximum Gasteiger partial charge on any atom is 0.341 e. The van der Waals surface area contributed by atoms with E-state index in [2.05, 4.69) is 6.92 Å². The van der Waals surface area contributed by atoms with Crippen LogP contribution < -0.4 is 4.74 Å². The number of hydrogen-bond donors (Lipinski definition) is 0. The molecule has 1 aromatic carbocycles. The molecule has 0 heterocycles. The predicted octanol–water partition coefficient (Wildman–Crippen LogP) is 3.74. The van der Waals surface area contributed by atoms with Gasteiger partial charge >= 0.3 is 5.97 Å². The number of benzene rings is 1. The molecule has 3 heteroatoms. The van der Waals surface area contributed by atoms with Crippen molar-refractivity contribution in [3.8, 4) is 5.75 Å². The van der Waals surface area contributed by atoms with Crippen molar-refractivity contribution in [1.82, 2.24) is 0 Å². The molecule has 0 bridgehead atoms. The highest BCUT2D eigenvalue weighted by Gasteiger charge is 2.12. The van der Waals surface area contributed by atoms with Crippen LogP contribution in [0.4, 0.5) is 0 Å². The maximum atomic E-state index is 11.6. The van der Waals surface area contributed by atoms with Crippen molar-refractivity contribution < 1.29 is 14.3 Å². The maximum absolute atomic E-state index is 11.6. The van der Waals surface area contributed by atoms with Crippen molar-refractivity contribution in [2.24, 2.45) is 0 Å². The summed E-state index contributed by atoms with van der Waals surface area (Å²) in [6.07, 6.45) is 4.61. The molecule has 0 N–H and O–H groups in total. The zero-order chi connectivity index (χ0) is 13.4. The normalized spacial score (nSPS) is 10.2. The molecule has 18 heavy (non-hydrogen) atoms. The Morgan fingerprint density at radius 3 is 2.67 bits per heavy atom. The highest BCUT2D eigenvalue weighted by Crippen LogP contribution is 2.21. The van der Waals surface area contributed by atoms with E-state index in [-0.39, 0.29) is 5.97 Å². The van der Waals surface area contributed by atoms with Crippen LogP contribution in [0.1, 0.15) is 48.5 Å². The van der Waals surface area contributed by atoms with E-state index in [1.807, 2.05) is 19.1 Å². The second-order valence-electron chi connectivity index (χ2n) is 4.40. The molecule has 0 fully saturated rings. The fraction of sp³-hybridized carbons (Fsp3) is 0.533. The highest BCUT2D eigenvalue weighted by atomic mass is 16.5. The average Bonchev–Trinajstić information content (AvgIpc) is 2.39. The second-order valence-corrected chi connectivity index (χ2v) is 4.40. The fourth-order valence-corrected chi connectivity index (χ4v) is 1.75. The lowest BCUT2D eigenvalue weighted by atomic mass is 10.1. The Hall–Kier alpha value is -1.51. The van der Waals surface area contributed by atoms with Crippen molar-refractivity contribution in [3.63, 3.8) is 0 Å². The van der Waals surface area contributed by atoms with Crippen LogP contribution in [0.2, 0.25) is 0 Å². The molecule has 0 aliphatic rings. The molecule has 0 saturated carbocycles. The van der Waals surface area contributed by atoms with E-state index in [0.29, 0.717) is 17.9 Å². The number of methoxy groups -OCH3 is 1. The van der Waals surface area contributed by atoms with Crippen LogP contribution in [0.15, 0.2) is 18.2 Å². The Balaban J connectivity index is 2.61. The van der Waals surface area contributed by atoms with Gasteiger partial charge in [0.15, 0.2) is 0 Å². The van der Waals surface area contributed by atoms with E-state index < -0.39 is 0 Å². The third kappa shape index (κ3) is 4.40. The second kappa shape index (κ2) is 7.75. The molecule has 0 aromatic heterocycles. The summed E-state index contributed by atoms with van der Waals surface area (Å²) in [5.41, 5.74) is 1.53. The molecule has 1 aromatic rings. The summed E-state index contributed by atoms with van der Waals surface area (Å²) < 4.78 is 10.4. The van der Waals surface area contributed by atoms with Crippen LogP contribution in [0.3, 0.4) is 0 Å². The first-order chi connectivity index (χ1) is 8.69. The number of esters is 1. The number of aryl methyl sites for hydroxylation is 1. The SMILES string of the molecule is CCCCCCOc1ccc(C)cc1C(=O)OC. The Kier molecular flexibility index (Phi) is 6.26. The van der Waals surface area contributed by atoms with Crippen LogP contribution >= 0.6 is 0 Å². The van der Waals surface area contributed by atoms with E-state index >= 15 is 0 Å². The molecule has 0 spiro atoms. The third-order valence-electron chi connectivity index (χ3n) is 2.80. The van der Waals surface area contributed by atoms with Gasteiger partial charge in [0.1, 0.15) is 11.3 Å². The lowest BCUT2D eigenvalue weighted by molar-refractivity contribution is 0.0596. The van der Waals surface area contributed by atoms with Crippen molar-refractivity contribution in [3.05, 3.63) is 29.3 Å². The Bertz CT molecular complexity index is 385. The molecule has 0 radical (unpaired) electrons. The molecule has 1 rings (SSSR count). The summed E-state index contributed by atoms with van der Waals surface area (Å²) in [7, 11) is 1.38. The molecule has 0 saturated heterocycles. The van der Waals surface area contributed by atoms with Gasteiger partial charge in [-0.25, -0.2) is 4.79 Å². The van der Waals surface area contributed by atoms with Crippen molar-refractivity contribution in [2.75, 3.05) is 13.7 Å². The van der Waals surface area contributed by atoms with Gasteiger partial charge in [0.25, 0.3) is 0 Å². The van der Waals surface area contributed by atoms with E-state index in [1.165, 1.54) is 20.0 Å². The van der Waals surface area contributed by atoms with Crippen LogP contribution in [0.25, 0.3) is 0 Å². The molecular formula is C15H22O3. The van der Waals surface area contributed by atoms with Gasteiger partial charge in [-0.15, -0.1) is 0 Å². The van der Waals surface area contributed by atoms with Gasteiger partial charge in [-0.05, 0) is 25.5 Å². The van der Waals surface area contributed by atoms with Crippen LogP contribution in [-0.2, 0) is 4.74 Å². The first-order valence-electron chi connectivity index (χ1n) is 6.50. The number of rotatable bonds is 7. The zero-order valence-corrected chi connectivity index (χ0v) is 11.5. The highest BCUT2D eigenvalue weighted by molar-refractivity contribution is 5.92. The van der Waals surface area contributed by atoms with Gasteiger partial charge in [0.05, 0.1) is 13.7 Å². The minimum absolute atomic E-state index is 0.345. The quantitative estimate of drug-likeness (QED) is 0.546. The lowest BCUT2D eigenvalue weighted by Crippen LogP contribution is -2.07. The van der Waals surface area contributed by atoms with Crippen molar-refractivity contribution in [2.45, 2.75) is 39.5 Å². The Morgan fingerprint density at radius 2 is 2.00 bits per heavy atom. The summed E-state index contributed by atoms with van der Waals surface area (Å²) in [5, 5.41) is 0. The number of unbranched alkanes of at least 4 members (excludes halogenated alkanes) is 3. The van der Waals surface area contributed by atoms with Crippen LogP contribution in [0.5, 0.6) is 5.75 Å². The van der Waals surface area contributed by atoms with Crippen molar-refractivity contribution >= 4 is 5.97 Å². The third-order valence-corrected chi connectivity index (χ3v) is 2.80. The fourth-order valence-electron chi connectivity index (χ4n) is 1.75. The van der Waals surface area contributed by atoms with E-state index in [9.17, 15) is 4.79 Å². The monoisotopic (exact) mass is 250 g/mol. The Morgan fingerprint density at radius 1 is 1.22 bits per heavy atom. The molecule has 0 unspecified atom stereocenters. The molecule has 0 aliphatic heterocycles. The summed E-state index contributed by atoms with van der Waals surface area (Å²) in [4.78, 5) is 11.6. The van der Waals surface area contributed by atoms with Crippen LogP contribution in [-0.4, -0.2) is 19.7 Å². The summed E-state index contributed by atoms with van der Waals surface area (Å²) >= 11 is 0. The van der Waals surface area contributed by atoms with Gasteiger partial charge in [-0.3, -0.25) is 0 Å². The molecule has 100 valence electrons. The lowest BCUT2D eigenvalue weighted by Gasteiger charge is -2.10. The summed E-state index contributed by atoms with van der Waals surface area (Å²) in [6, 6.07) is 5.57. The summed E-state index contributed by atoms with van der Waals surface area (Å²) in [6.45, 7) is 4.76. The van der Waals surface area contributed by atoms with Crippen molar-refractivity contribution in [1.29, 1.82) is 0 Å². The topological polar surface area (TPSA) is 35.5 Å². The van der Waals surface area contributed by atoms with Crippen LogP contribution in [0, 0.1) is 6.92 Å². The van der Waals surface area contributed by atoms with E-state index in [1.54, 1.807) is 6.07 Å². The standard InChI is InChI=1S/C15H22O3/c1-4-5-6-7-10-18-14-9-8-12(2)11-13(14)15(16)17-3/h8-9,11H,4-7,10H2,1-3H3. The van der Waals surface area contributed by atoms with E-state index in [4.69, 9.17) is 9.47 Å². The minimum atomic E-state index is -0.345. The van der Waals surface area contributed by atoms with Gasteiger partial charge in [-0.1, -0.05) is 37.8 Å². The first kappa shape index (κ1) is 14.6. The molecule has 0 atom stereocenters. The smallest absolute Gasteiger partial charge is 0.341 e. The number of carbonyl (C=O) groups is 1.